The van der Waals surface area contributed by atoms with Crippen LogP contribution in [-0.2, 0) is 4.74 Å². The van der Waals surface area contributed by atoms with E-state index >= 15 is 0 Å². The number of rotatable bonds is 3. The molecule has 1 saturated heterocycles. The molecule has 2 N–H and O–H groups in total. The third-order valence-electron chi connectivity index (χ3n) is 2.58. The van der Waals surface area contributed by atoms with Crippen LogP contribution in [0, 0.1) is 0 Å². The molecule has 0 unspecified atom stereocenters. The zero-order chi connectivity index (χ0) is 12.3. The Morgan fingerprint density at radius 3 is 3.00 bits per heavy atom. The fourth-order valence-electron chi connectivity index (χ4n) is 1.71. The fourth-order valence-corrected chi connectivity index (χ4v) is 1.71. The molecule has 92 valence electrons. The molecule has 0 amide bonds. The molecule has 0 aliphatic carbocycles. The van der Waals surface area contributed by atoms with Crippen molar-refractivity contribution in [2.45, 2.75) is 12.6 Å². The topological polar surface area (TPSA) is 67.8 Å². The Morgan fingerprint density at radius 1 is 1.59 bits per heavy atom. The second-order valence-electron chi connectivity index (χ2n) is 4.16. The first-order valence-electron chi connectivity index (χ1n) is 5.43. The van der Waals surface area contributed by atoms with Gasteiger partial charge in [-0.15, -0.1) is 0 Å². The van der Waals surface area contributed by atoms with E-state index in [9.17, 15) is 9.90 Å². The standard InChI is InChI=1S/C12H15NO4/c1-12(8-16-5-4-13-12)17-11-3-2-9(7-14)6-10(11)15/h2-3,6-7,13,15H,4-5,8H2,1H3/t12-/m1/s1. The summed E-state index contributed by atoms with van der Waals surface area (Å²) in [6, 6.07) is 4.53. The van der Waals surface area contributed by atoms with Gasteiger partial charge in [-0.3, -0.25) is 10.1 Å². The van der Waals surface area contributed by atoms with E-state index in [1.807, 2.05) is 6.92 Å². The van der Waals surface area contributed by atoms with Crippen LogP contribution in [0.5, 0.6) is 11.5 Å². The molecule has 17 heavy (non-hydrogen) atoms. The van der Waals surface area contributed by atoms with Crippen LogP contribution in [0.25, 0.3) is 0 Å². The summed E-state index contributed by atoms with van der Waals surface area (Å²) in [5, 5.41) is 12.9. The van der Waals surface area contributed by atoms with Gasteiger partial charge in [-0.1, -0.05) is 0 Å². The van der Waals surface area contributed by atoms with Crippen LogP contribution in [0.1, 0.15) is 17.3 Å². The Labute approximate surface area is 99.3 Å². The van der Waals surface area contributed by atoms with Crippen molar-refractivity contribution in [1.29, 1.82) is 0 Å². The van der Waals surface area contributed by atoms with Crippen molar-refractivity contribution >= 4 is 6.29 Å². The molecular weight excluding hydrogens is 222 g/mol. The summed E-state index contributed by atoms with van der Waals surface area (Å²) >= 11 is 0. The van der Waals surface area contributed by atoms with Crippen LogP contribution in [0.4, 0.5) is 0 Å². The third kappa shape index (κ3) is 2.75. The van der Waals surface area contributed by atoms with Gasteiger partial charge in [-0.05, 0) is 25.1 Å². The number of benzene rings is 1. The molecule has 1 aliphatic heterocycles. The maximum Gasteiger partial charge on any atom is 0.181 e. The number of phenols is 1. The van der Waals surface area contributed by atoms with Crippen molar-refractivity contribution in [1.82, 2.24) is 5.32 Å². The molecule has 1 aromatic carbocycles. The molecule has 0 spiro atoms. The van der Waals surface area contributed by atoms with Crippen molar-refractivity contribution < 1.29 is 19.4 Å². The molecule has 5 nitrogen and oxygen atoms in total. The largest absolute Gasteiger partial charge is 0.504 e. The molecule has 5 heteroatoms. The number of hydrogen-bond donors (Lipinski definition) is 2. The molecule has 0 bridgehead atoms. The van der Waals surface area contributed by atoms with Gasteiger partial charge in [-0.2, -0.15) is 0 Å². The van der Waals surface area contributed by atoms with Gasteiger partial charge in [-0.25, -0.2) is 0 Å². The number of carbonyl (C=O) groups is 1. The fraction of sp³-hybridized carbons (Fsp3) is 0.417. The van der Waals surface area contributed by atoms with Gasteiger partial charge in [0.05, 0.1) is 6.61 Å². The Kier molecular flexibility index (Phi) is 3.31. The van der Waals surface area contributed by atoms with Crippen molar-refractivity contribution in [2.24, 2.45) is 0 Å². The van der Waals surface area contributed by atoms with Crippen molar-refractivity contribution in [3.8, 4) is 11.5 Å². The molecule has 1 heterocycles. The Hall–Kier alpha value is -1.59. The maximum atomic E-state index is 10.5. The van der Waals surface area contributed by atoms with Gasteiger partial charge in [0.2, 0.25) is 0 Å². The molecule has 1 aromatic rings. The van der Waals surface area contributed by atoms with Gasteiger partial charge in [0.25, 0.3) is 0 Å². The Morgan fingerprint density at radius 2 is 2.41 bits per heavy atom. The number of phenolic OH excluding ortho intramolecular Hbond substituents is 1. The van der Waals surface area contributed by atoms with Crippen LogP contribution < -0.4 is 10.1 Å². The number of carbonyl (C=O) groups excluding carboxylic acids is 1. The summed E-state index contributed by atoms with van der Waals surface area (Å²) in [6.07, 6.45) is 0.674. The highest BCUT2D eigenvalue weighted by molar-refractivity contribution is 5.76. The lowest BCUT2D eigenvalue weighted by molar-refractivity contribution is -0.0710. The molecule has 0 aromatic heterocycles. The maximum absolute atomic E-state index is 10.5. The monoisotopic (exact) mass is 237 g/mol. The Balaban J connectivity index is 2.15. The molecule has 1 atom stereocenters. The minimum Gasteiger partial charge on any atom is -0.504 e. The van der Waals surface area contributed by atoms with Gasteiger partial charge in [0, 0.05) is 12.1 Å². The summed E-state index contributed by atoms with van der Waals surface area (Å²) in [5.74, 6) is 0.277. The quantitative estimate of drug-likeness (QED) is 0.765. The number of morpholine rings is 1. The van der Waals surface area contributed by atoms with Crippen LogP contribution in [-0.4, -0.2) is 36.9 Å². The number of aldehydes is 1. The van der Waals surface area contributed by atoms with E-state index in [-0.39, 0.29) is 5.75 Å². The highest BCUT2D eigenvalue weighted by atomic mass is 16.6. The van der Waals surface area contributed by atoms with Crippen molar-refractivity contribution in [3.63, 3.8) is 0 Å². The molecule has 1 aliphatic rings. The molecular formula is C12H15NO4. The smallest absolute Gasteiger partial charge is 0.181 e. The predicted octanol–water partition coefficient (Wildman–Crippen LogP) is 0.919. The lowest BCUT2D eigenvalue weighted by Gasteiger charge is -2.35. The zero-order valence-electron chi connectivity index (χ0n) is 9.60. The average molecular weight is 237 g/mol. The highest BCUT2D eigenvalue weighted by Crippen LogP contribution is 2.29. The first-order chi connectivity index (χ1) is 8.13. The minimum absolute atomic E-state index is 0.0526. The van der Waals surface area contributed by atoms with E-state index in [4.69, 9.17) is 9.47 Å². The Bertz CT molecular complexity index is 413. The lowest BCUT2D eigenvalue weighted by atomic mass is 10.2. The van der Waals surface area contributed by atoms with Crippen molar-refractivity contribution in [2.75, 3.05) is 19.8 Å². The van der Waals surface area contributed by atoms with E-state index in [2.05, 4.69) is 5.32 Å². The minimum atomic E-state index is -0.654. The SMILES string of the molecule is C[C@@]1(Oc2ccc(C=O)cc2O)COCCN1. The zero-order valence-corrected chi connectivity index (χ0v) is 9.60. The van der Waals surface area contributed by atoms with Crippen LogP contribution in [0.15, 0.2) is 18.2 Å². The lowest BCUT2D eigenvalue weighted by Crippen LogP contribution is -2.56. The van der Waals surface area contributed by atoms with E-state index in [1.165, 1.54) is 6.07 Å². The predicted molar refractivity (Wildman–Crippen MR) is 61.3 cm³/mol. The van der Waals surface area contributed by atoms with E-state index in [0.717, 1.165) is 0 Å². The van der Waals surface area contributed by atoms with Crippen LogP contribution in [0.2, 0.25) is 0 Å². The van der Waals surface area contributed by atoms with E-state index < -0.39 is 5.72 Å². The van der Waals surface area contributed by atoms with Crippen LogP contribution >= 0.6 is 0 Å². The van der Waals surface area contributed by atoms with Gasteiger partial charge in [0.1, 0.15) is 12.9 Å². The van der Waals surface area contributed by atoms with E-state index in [1.54, 1.807) is 12.1 Å². The second-order valence-corrected chi connectivity index (χ2v) is 4.16. The molecule has 0 saturated carbocycles. The van der Waals surface area contributed by atoms with Gasteiger partial charge >= 0.3 is 0 Å². The first kappa shape index (κ1) is 11.9. The van der Waals surface area contributed by atoms with Gasteiger partial charge in [0.15, 0.2) is 17.2 Å². The molecule has 0 radical (unpaired) electrons. The third-order valence-corrected chi connectivity index (χ3v) is 2.58. The number of ether oxygens (including phenoxy) is 2. The number of nitrogens with one attached hydrogen (secondary N) is 1. The summed E-state index contributed by atoms with van der Waals surface area (Å²) < 4.78 is 11.0. The normalized spacial score (nSPS) is 24.3. The van der Waals surface area contributed by atoms with Crippen LogP contribution in [0.3, 0.4) is 0 Å². The van der Waals surface area contributed by atoms with E-state index in [0.29, 0.717) is 37.4 Å². The van der Waals surface area contributed by atoms with Gasteiger partial charge < -0.3 is 14.6 Å². The second kappa shape index (κ2) is 4.73. The summed E-state index contributed by atoms with van der Waals surface area (Å²) in [7, 11) is 0. The number of hydrogen-bond acceptors (Lipinski definition) is 5. The summed E-state index contributed by atoms with van der Waals surface area (Å²) in [5.41, 5.74) is -0.244. The van der Waals surface area contributed by atoms with Crippen molar-refractivity contribution in [3.05, 3.63) is 23.8 Å². The average Bonchev–Trinajstić information content (AvgIpc) is 2.32. The first-order valence-corrected chi connectivity index (χ1v) is 5.43. The highest BCUT2D eigenvalue weighted by Gasteiger charge is 2.29. The molecule has 1 fully saturated rings. The number of aromatic hydroxyl groups is 1. The summed E-state index contributed by atoms with van der Waals surface area (Å²) in [6.45, 7) is 3.60. The summed E-state index contributed by atoms with van der Waals surface area (Å²) in [4.78, 5) is 10.5. The molecule has 2 rings (SSSR count).